The summed E-state index contributed by atoms with van der Waals surface area (Å²) in [7, 11) is 1.39. The van der Waals surface area contributed by atoms with E-state index < -0.39 is 0 Å². The molecule has 2 bridgehead atoms. The molecule has 4 aromatic rings. The normalized spacial score (nSPS) is 15.5. The van der Waals surface area contributed by atoms with Gasteiger partial charge in [0, 0.05) is 22.2 Å². The van der Waals surface area contributed by atoms with Gasteiger partial charge in [-0.1, -0.05) is 60.7 Å². The van der Waals surface area contributed by atoms with Gasteiger partial charge in [0.2, 0.25) is 5.91 Å². The van der Waals surface area contributed by atoms with Crippen LogP contribution >= 0.6 is 23.2 Å². The van der Waals surface area contributed by atoms with Crippen LogP contribution in [0.5, 0.6) is 0 Å². The fourth-order valence-corrected chi connectivity index (χ4v) is 5.39. The summed E-state index contributed by atoms with van der Waals surface area (Å²) in [6.07, 6.45) is 10.3. The number of benzene rings is 2. The van der Waals surface area contributed by atoms with E-state index in [-0.39, 0.29) is 24.3 Å². The lowest BCUT2D eigenvalue weighted by Crippen LogP contribution is -2.27. The highest BCUT2D eigenvalue weighted by Gasteiger charge is 2.22. The van der Waals surface area contributed by atoms with Crippen LogP contribution in [0, 0.1) is 0 Å². The standard InChI is InChI=1S/C29H29Cl2N7O3/c1-41-26(40)15-18-8-11-22-19(14-18)6-4-2-3-5-7-23(29-34-27(22)28(31)35-29)33-25(39)13-9-20-16-21(30)10-12-24(20)38-17-32-36-37-38/h8-14,16-17,23H,2-7,15H2,1H3,(H,33,39)(H,34,35)/b13-9+/t23-/m0/s1. The summed E-state index contributed by atoms with van der Waals surface area (Å²) >= 11 is 12.9. The number of halogens is 2. The first-order valence-electron chi connectivity index (χ1n) is 13.4. The maximum absolute atomic E-state index is 13.1. The molecule has 5 rings (SSSR count). The summed E-state index contributed by atoms with van der Waals surface area (Å²) < 4.78 is 6.34. The monoisotopic (exact) mass is 593 g/mol. The van der Waals surface area contributed by atoms with Gasteiger partial charge < -0.3 is 15.0 Å². The molecular formula is C29H29Cl2N7O3. The Morgan fingerprint density at radius 2 is 2.00 bits per heavy atom. The quantitative estimate of drug-likeness (QED) is 0.224. The number of amides is 1. The smallest absolute Gasteiger partial charge is 0.309 e. The summed E-state index contributed by atoms with van der Waals surface area (Å²) in [5.41, 5.74) is 4.87. The number of methoxy groups -OCH3 is 1. The van der Waals surface area contributed by atoms with E-state index in [0.29, 0.717) is 39.4 Å². The van der Waals surface area contributed by atoms with Crippen LogP contribution in [0.1, 0.15) is 60.7 Å². The van der Waals surface area contributed by atoms with Gasteiger partial charge in [-0.15, -0.1) is 5.10 Å². The Hall–Kier alpha value is -4.02. The van der Waals surface area contributed by atoms with Gasteiger partial charge in [-0.3, -0.25) is 9.59 Å². The number of fused-ring (bicyclic) bond motifs is 4. The molecule has 0 aliphatic carbocycles. The summed E-state index contributed by atoms with van der Waals surface area (Å²) in [6.45, 7) is 0. The SMILES string of the molecule is COC(=O)Cc1ccc2c(c1)CCCCCC[C@H](NC(=O)/C=C/c1cc(Cl)ccc1-n1cnnn1)c1nc-2c(Cl)[nH]1. The van der Waals surface area contributed by atoms with Crippen LogP contribution in [0.4, 0.5) is 0 Å². The van der Waals surface area contributed by atoms with Gasteiger partial charge in [-0.05, 0) is 65.1 Å². The molecule has 0 spiro atoms. The minimum atomic E-state index is -0.363. The minimum Gasteiger partial charge on any atom is -0.469 e. The van der Waals surface area contributed by atoms with Gasteiger partial charge >= 0.3 is 5.97 Å². The van der Waals surface area contributed by atoms with Gasteiger partial charge in [0.25, 0.3) is 0 Å². The van der Waals surface area contributed by atoms with Crippen molar-refractivity contribution < 1.29 is 14.3 Å². The van der Waals surface area contributed by atoms with Crippen LogP contribution in [-0.2, 0) is 27.2 Å². The molecule has 2 N–H and O–H groups in total. The number of nitrogens with one attached hydrogen (secondary N) is 2. The average molecular weight is 595 g/mol. The molecule has 41 heavy (non-hydrogen) atoms. The maximum Gasteiger partial charge on any atom is 0.309 e. The summed E-state index contributed by atoms with van der Waals surface area (Å²) in [5.74, 6) is 0.0218. The second-order valence-corrected chi connectivity index (χ2v) is 10.6. The zero-order chi connectivity index (χ0) is 28.8. The molecule has 2 aromatic heterocycles. The number of hydrogen-bond donors (Lipinski definition) is 2. The highest BCUT2D eigenvalue weighted by Crippen LogP contribution is 2.33. The van der Waals surface area contributed by atoms with Crippen molar-refractivity contribution in [1.82, 2.24) is 35.5 Å². The number of tetrazole rings is 1. The number of rotatable bonds is 6. The van der Waals surface area contributed by atoms with E-state index in [1.165, 1.54) is 24.2 Å². The van der Waals surface area contributed by atoms with Crippen molar-refractivity contribution in [3.8, 4) is 16.9 Å². The second-order valence-electron chi connectivity index (χ2n) is 9.83. The molecule has 0 saturated heterocycles. The van der Waals surface area contributed by atoms with Crippen molar-refractivity contribution in [3.63, 3.8) is 0 Å². The molecule has 0 radical (unpaired) electrons. The predicted octanol–water partition coefficient (Wildman–Crippen LogP) is 5.45. The third-order valence-electron chi connectivity index (χ3n) is 7.01. The van der Waals surface area contributed by atoms with E-state index in [1.54, 1.807) is 24.3 Å². The molecule has 12 heteroatoms. The molecule has 0 saturated carbocycles. The lowest BCUT2D eigenvalue weighted by atomic mass is 9.95. The van der Waals surface area contributed by atoms with Crippen LogP contribution in [-0.4, -0.2) is 49.2 Å². The van der Waals surface area contributed by atoms with E-state index in [2.05, 4.69) is 25.8 Å². The van der Waals surface area contributed by atoms with Gasteiger partial charge in [-0.25, -0.2) is 4.98 Å². The van der Waals surface area contributed by atoms with Gasteiger partial charge in [-0.2, -0.15) is 4.68 Å². The summed E-state index contributed by atoms with van der Waals surface area (Å²) in [4.78, 5) is 33.0. The first-order chi connectivity index (χ1) is 19.9. The van der Waals surface area contributed by atoms with Crippen molar-refractivity contribution in [1.29, 1.82) is 0 Å². The predicted molar refractivity (Wildman–Crippen MR) is 156 cm³/mol. The zero-order valence-corrected chi connectivity index (χ0v) is 24.0. The largest absolute Gasteiger partial charge is 0.469 e. The van der Waals surface area contributed by atoms with Crippen LogP contribution in [0.3, 0.4) is 0 Å². The lowest BCUT2D eigenvalue weighted by Gasteiger charge is -2.17. The fraction of sp³-hybridized carbons (Fsp3) is 0.310. The van der Waals surface area contributed by atoms with E-state index in [9.17, 15) is 9.59 Å². The Balaban J connectivity index is 1.39. The Kier molecular flexibility index (Phi) is 9.11. The van der Waals surface area contributed by atoms with Crippen LogP contribution in [0.15, 0.2) is 48.8 Å². The van der Waals surface area contributed by atoms with E-state index in [1.807, 2.05) is 18.2 Å². The van der Waals surface area contributed by atoms with Crippen molar-refractivity contribution in [2.24, 2.45) is 0 Å². The number of esters is 1. The highest BCUT2D eigenvalue weighted by molar-refractivity contribution is 6.32. The van der Waals surface area contributed by atoms with Crippen LogP contribution < -0.4 is 5.32 Å². The number of carbonyl (C=O) groups excluding carboxylic acids is 2. The minimum absolute atomic E-state index is 0.206. The molecule has 0 fully saturated rings. The van der Waals surface area contributed by atoms with Gasteiger partial charge in [0.1, 0.15) is 23.0 Å². The number of ether oxygens (including phenoxy) is 1. The number of imidazole rings is 1. The molecule has 212 valence electrons. The third kappa shape index (κ3) is 7.01. The topological polar surface area (TPSA) is 128 Å². The average Bonchev–Trinajstić information content (AvgIpc) is 3.63. The van der Waals surface area contributed by atoms with Crippen LogP contribution in [0.25, 0.3) is 23.0 Å². The highest BCUT2D eigenvalue weighted by atomic mass is 35.5. The summed E-state index contributed by atoms with van der Waals surface area (Å²) in [6, 6.07) is 10.8. The van der Waals surface area contributed by atoms with E-state index in [0.717, 1.165) is 48.8 Å². The van der Waals surface area contributed by atoms with Crippen molar-refractivity contribution in [2.75, 3.05) is 7.11 Å². The Labute approximate surface area is 247 Å². The Morgan fingerprint density at radius 3 is 2.80 bits per heavy atom. The first kappa shape index (κ1) is 28.5. The van der Waals surface area contributed by atoms with Crippen LogP contribution in [0.2, 0.25) is 10.2 Å². The molecule has 2 aromatic carbocycles. The molecule has 1 aliphatic heterocycles. The number of aryl methyl sites for hydroxylation is 1. The first-order valence-corrected chi connectivity index (χ1v) is 14.1. The fourth-order valence-electron chi connectivity index (χ4n) is 4.97. The molecule has 1 amide bonds. The number of nitrogens with zero attached hydrogens (tertiary/aromatic N) is 5. The molecule has 1 atom stereocenters. The number of H-pyrrole nitrogens is 1. The second kappa shape index (κ2) is 13.1. The number of hydrogen-bond acceptors (Lipinski definition) is 7. The number of carbonyl (C=O) groups is 2. The van der Waals surface area contributed by atoms with Gasteiger partial charge in [0.15, 0.2) is 0 Å². The number of aromatic amines is 1. The third-order valence-corrected chi connectivity index (χ3v) is 7.52. The van der Waals surface area contributed by atoms with E-state index >= 15 is 0 Å². The Bertz CT molecular complexity index is 1570. The van der Waals surface area contributed by atoms with Gasteiger partial charge in [0.05, 0.1) is 25.3 Å². The zero-order valence-electron chi connectivity index (χ0n) is 22.4. The molecule has 10 nitrogen and oxygen atoms in total. The number of aromatic nitrogens is 6. The molecule has 3 heterocycles. The molecular weight excluding hydrogens is 565 g/mol. The lowest BCUT2D eigenvalue weighted by molar-refractivity contribution is -0.139. The van der Waals surface area contributed by atoms with Crippen molar-refractivity contribution >= 4 is 41.2 Å². The molecule has 0 unspecified atom stereocenters. The van der Waals surface area contributed by atoms with Crippen molar-refractivity contribution in [3.05, 3.63) is 81.5 Å². The van der Waals surface area contributed by atoms with E-state index in [4.69, 9.17) is 32.9 Å². The summed E-state index contributed by atoms with van der Waals surface area (Å²) in [5, 5.41) is 15.3. The van der Waals surface area contributed by atoms with Crippen molar-refractivity contribution in [2.45, 2.75) is 51.0 Å². The molecule has 1 aliphatic rings. The maximum atomic E-state index is 13.1. The Morgan fingerprint density at radius 1 is 1.15 bits per heavy atom.